The van der Waals surface area contributed by atoms with Crippen LogP contribution < -0.4 is 5.32 Å². The first kappa shape index (κ1) is 20.1. The largest absolute Gasteiger partial charge is 0.334 e. The highest BCUT2D eigenvalue weighted by Gasteiger charge is 2.18. The summed E-state index contributed by atoms with van der Waals surface area (Å²) in [6, 6.07) is 10.7. The zero-order valence-electron chi connectivity index (χ0n) is 15.5. The normalized spacial score (nSPS) is 12.0. The van der Waals surface area contributed by atoms with Gasteiger partial charge in [0.1, 0.15) is 0 Å². The third kappa shape index (κ3) is 4.71. The fourth-order valence-electron chi connectivity index (χ4n) is 2.80. The molecule has 0 amide bonds. The molecule has 3 aromatic rings. The fraction of sp³-hybridized carbons (Fsp3) is 0.421. The summed E-state index contributed by atoms with van der Waals surface area (Å²) < 4.78 is 7.54. The molecule has 0 radical (unpaired) electrons. The van der Waals surface area contributed by atoms with Gasteiger partial charge in [-0.1, -0.05) is 48.8 Å². The van der Waals surface area contributed by atoms with Crippen LogP contribution in [0.3, 0.4) is 0 Å². The lowest BCUT2D eigenvalue weighted by Crippen LogP contribution is -2.24. The predicted octanol–water partition coefficient (Wildman–Crippen LogP) is 3.51. The van der Waals surface area contributed by atoms with Crippen LogP contribution in [0.15, 0.2) is 41.1 Å². The van der Waals surface area contributed by atoms with Crippen molar-refractivity contribution < 1.29 is 4.52 Å². The first-order valence-electron chi connectivity index (χ1n) is 8.80. The molecule has 26 heavy (non-hydrogen) atoms. The van der Waals surface area contributed by atoms with Gasteiger partial charge < -0.3 is 9.84 Å². The summed E-state index contributed by atoms with van der Waals surface area (Å²) in [4.78, 5) is 4.56. The maximum Gasteiger partial charge on any atom is 0.261 e. The van der Waals surface area contributed by atoms with Crippen molar-refractivity contribution in [2.45, 2.75) is 45.7 Å². The van der Waals surface area contributed by atoms with Crippen molar-refractivity contribution in [2.75, 3.05) is 7.05 Å². The van der Waals surface area contributed by atoms with Gasteiger partial charge in [-0.15, -0.1) is 12.4 Å². The summed E-state index contributed by atoms with van der Waals surface area (Å²) in [6.45, 7) is 5.00. The number of benzene rings is 1. The Balaban J connectivity index is 0.00000243. The van der Waals surface area contributed by atoms with E-state index in [-0.39, 0.29) is 12.4 Å². The zero-order valence-corrected chi connectivity index (χ0v) is 16.3. The number of hydrogen-bond acceptors (Lipinski definition) is 5. The molecule has 1 N–H and O–H groups in total. The monoisotopic (exact) mass is 375 g/mol. The van der Waals surface area contributed by atoms with E-state index in [9.17, 15) is 0 Å². The lowest BCUT2D eigenvalue weighted by atomic mass is 10.1. The first-order valence-corrected chi connectivity index (χ1v) is 8.80. The summed E-state index contributed by atoms with van der Waals surface area (Å²) in [5.41, 5.74) is 3.31. The van der Waals surface area contributed by atoms with Gasteiger partial charge in [-0.3, -0.25) is 4.68 Å². The Morgan fingerprint density at radius 1 is 1.23 bits per heavy atom. The second-order valence-corrected chi connectivity index (χ2v) is 6.31. The molecule has 140 valence electrons. The number of nitrogens with one attached hydrogen (secondary N) is 1. The Labute approximate surface area is 160 Å². The average Bonchev–Trinajstić information content (AvgIpc) is 3.23. The molecule has 0 saturated carbocycles. The van der Waals surface area contributed by atoms with Crippen LogP contribution in [0.2, 0.25) is 0 Å². The van der Waals surface area contributed by atoms with E-state index in [0.717, 1.165) is 42.9 Å². The van der Waals surface area contributed by atoms with Crippen LogP contribution in [-0.4, -0.2) is 33.0 Å². The van der Waals surface area contributed by atoms with Gasteiger partial charge in [0, 0.05) is 12.5 Å². The highest BCUT2D eigenvalue weighted by atomic mass is 35.5. The van der Waals surface area contributed by atoms with E-state index in [1.165, 1.54) is 5.56 Å². The maximum atomic E-state index is 5.50. The topological polar surface area (TPSA) is 68.8 Å². The first-order chi connectivity index (χ1) is 12.2. The van der Waals surface area contributed by atoms with E-state index in [0.29, 0.717) is 11.9 Å². The van der Waals surface area contributed by atoms with Crippen LogP contribution in [0.4, 0.5) is 0 Å². The highest BCUT2D eigenvalue weighted by Crippen LogP contribution is 2.24. The van der Waals surface area contributed by atoms with Crippen molar-refractivity contribution in [1.82, 2.24) is 25.2 Å². The molecular formula is C19H26ClN5O. The predicted molar refractivity (Wildman–Crippen MR) is 105 cm³/mol. The molecule has 7 heteroatoms. The Morgan fingerprint density at radius 2 is 2.00 bits per heavy atom. The van der Waals surface area contributed by atoms with Gasteiger partial charge in [-0.2, -0.15) is 10.1 Å². The van der Waals surface area contributed by atoms with Gasteiger partial charge in [-0.25, -0.2) is 0 Å². The smallest absolute Gasteiger partial charge is 0.261 e. The molecule has 0 spiro atoms. The second-order valence-electron chi connectivity index (χ2n) is 6.31. The van der Waals surface area contributed by atoms with E-state index in [1.807, 2.05) is 36.1 Å². The molecule has 2 heterocycles. The van der Waals surface area contributed by atoms with Crippen molar-refractivity contribution in [3.8, 4) is 11.5 Å². The van der Waals surface area contributed by atoms with Gasteiger partial charge in [0.2, 0.25) is 0 Å². The Morgan fingerprint density at radius 3 is 2.69 bits per heavy atom. The quantitative estimate of drug-likeness (QED) is 0.652. The van der Waals surface area contributed by atoms with E-state index in [4.69, 9.17) is 4.52 Å². The van der Waals surface area contributed by atoms with E-state index in [2.05, 4.69) is 46.5 Å². The molecule has 1 atom stereocenters. The van der Waals surface area contributed by atoms with Crippen molar-refractivity contribution >= 4 is 12.4 Å². The fourth-order valence-corrected chi connectivity index (χ4v) is 2.80. The highest BCUT2D eigenvalue weighted by molar-refractivity contribution is 5.85. The minimum atomic E-state index is 0. The molecule has 1 unspecified atom stereocenters. The number of aromatic nitrogens is 4. The van der Waals surface area contributed by atoms with Gasteiger partial charge in [0.25, 0.3) is 5.89 Å². The SMILES string of the molecule is CCCc1c(-c2nc(CC(C)NC)no2)cnn1Cc1ccccc1.Cl. The van der Waals surface area contributed by atoms with Crippen molar-refractivity contribution in [2.24, 2.45) is 0 Å². The molecule has 0 aliphatic heterocycles. The number of likely N-dealkylation sites (N-methyl/N-ethyl adjacent to an activating group) is 1. The third-order valence-corrected chi connectivity index (χ3v) is 4.29. The maximum absolute atomic E-state index is 5.50. The third-order valence-electron chi connectivity index (χ3n) is 4.29. The number of rotatable bonds is 8. The van der Waals surface area contributed by atoms with Crippen LogP contribution in [-0.2, 0) is 19.4 Å². The molecule has 0 bridgehead atoms. The van der Waals surface area contributed by atoms with Crippen molar-refractivity contribution in [3.05, 3.63) is 53.6 Å². The van der Waals surface area contributed by atoms with E-state index in [1.54, 1.807) is 0 Å². The van der Waals surface area contributed by atoms with Crippen LogP contribution in [0.25, 0.3) is 11.5 Å². The molecule has 0 aliphatic rings. The molecule has 0 aliphatic carbocycles. The molecule has 0 saturated heterocycles. The average molecular weight is 376 g/mol. The van der Waals surface area contributed by atoms with Crippen LogP contribution >= 0.6 is 12.4 Å². The summed E-state index contributed by atoms with van der Waals surface area (Å²) in [6.07, 6.45) is 4.53. The Kier molecular flexibility index (Phi) is 7.36. The number of halogens is 1. The minimum Gasteiger partial charge on any atom is -0.334 e. The lowest BCUT2D eigenvalue weighted by molar-refractivity contribution is 0.417. The van der Waals surface area contributed by atoms with Gasteiger partial charge in [-0.05, 0) is 26.0 Å². The Hall–Kier alpha value is -2.18. The van der Waals surface area contributed by atoms with Crippen LogP contribution in [0.1, 0.15) is 37.4 Å². The molecule has 2 aromatic heterocycles. The van der Waals surface area contributed by atoms with Crippen molar-refractivity contribution in [1.29, 1.82) is 0 Å². The van der Waals surface area contributed by atoms with E-state index < -0.39 is 0 Å². The lowest BCUT2D eigenvalue weighted by Gasteiger charge is -2.08. The van der Waals surface area contributed by atoms with Crippen LogP contribution in [0, 0.1) is 0 Å². The van der Waals surface area contributed by atoms with E-state index >= 15 is 0 Å². The number of nitrogens with zero attached hydrogens (tertiary/aromatic N) is 4. The summed E-state index contributed by atoms with van der Waals surface area (Å²) >= 11 is 0. The standard InChI is InChI=1S/C19H25N5O.ClH/c1-4-8-17-16(19-22-18(23-25-19)11-14(2)20-3)12-21-24(17)13-15-9-6-5-7-10-15;/h5-7,9-10,12,14,20H,4,8,11,13H2,1-3H3;1H. The van der Waals surface area contributed by atoms with Crippen molar-refractivity contribution in [3.63, 3.8) is 0 Å². The zero-order chi connectivity index (χ0) is 17.6. The minimum absolute atomic E-state index is 0. The molecule has 1 aromatic carbocycles. The second kappa shape index (κ2) is 9.50. The van der Waals surface area contributed by atoms with Gasteiger partial charge in [0.15, 0.2) is 5.82 Å². The summed E-state index contributed by atoms with van der Waals surface area (Å²) in [7, 11) is 1.93. The number of hydrogen-bond donors (Lipinski definition) is 1. The molecule has 0 fully saturated rings. The molecule has 6 nitrogen and oxygen atoms in total. The van der Waals surface area contributed by atoms with Gasteiger partial charge in [0.05, 0.1) is 24.0 Å². The summed E-state index contributed by atoms with van der Waals surface area (Å²) in [5, 5.41) is 11.9. The molecule has 3 rings (SSSR count). The molecular weight excluding hydrogens is 350 g/mol. The Bertz CT molecular complexity index is 799. The van der Waals surface area contributed by atoms with Gasteiger partial charge >= 0.3 is 0 Å². The van der Waals surface area contributed by atoms with Crippen LogP contribution in [0.5, 0.6) is 0 Å². The summed E-state index contributed by atoms with van der Waals surface area (Å²) in [5.74, 6) is 1.27.